The van der Waals surface area contributed by atoms with E-state index in [4.69, 9.17) is 4.74 Å². The minimum absolute atomic E-state index is 0.00506. The van der Waals surface area contributed by atoms with Gasteiger partial charge in [-0.25, -0.2) is 9.97 Å². The average molecular weight is 341 g/mol. The van der Waals surface area contributed by atoms with Crippen LogP contribution in [0.5, 0.6) is 0 Å². The molecule has 7 nitrogen and oxygen atoms in total. The third-order valence-electron chi connectivity index (χ3n) is 4.07. The van der Waals surface area contributed by atoms with E-state index in [1.165, 1.54) is 0 Å². The number of carbonyl (C=O) groups is 1. The third-order valence-corrected chi connectivity index (χ3v) is 4.07. The number of nitrogens with zero attached hydrogens (tertiary/aromatic N) is 4. The largest absolute Gasteiger partial charge is 0.378 e. The summed E-state index contributed by atoms with van der Waals surface area (Å²) in [6, 6.07) is 9.55. The highest BCUT2D eigenvalue weighted by Gasteiger charge is 2.13. The van der Waals surface area contributed by atoms with Gasteiger partial charge in [0.05, 0.1) is 13.2 Å². The Hall–Kier alpha value is -2.67. The molecule has 1 N–H and O–H groups in total. The van der Waals surface area contributed by atoms with Crippen LogP contribution in [-0.2, 0) is 11.3 Å². The Kier molecular flexibility index (Phi) is 5.45. The highest BCUT2D eigenvalue weighted by molar-refractivity contribution is 5.93. The Balaban J connectivity index is 1.60. The number of benzene rings is 1. The molecule has 1 aliphatic heterocycles. The number of rotatable bonds is 5. The lowest BCUT2D eigenvalue weighted by molar-refractivity contribution is 0.0827. The van der Waals surface area contributed by atoms with Gasteiger partial charge in [0.2, 0.25) is 0 Å². The zero-order valence-electron chi connectivity index (χ0n) is 14.6. The summed E-state index contributed by atoms with van der Waals surface area (Å²) in [5.74, 6) is 1.70. The highest BCUT2D eigenvalue weighted by Crippen LogP contribution is 2.16. The average Bonchev–Trinajstić information content (AvgIpc) is 2.67. The fraction of sp³-hybridized carbons (Fsp3) is 0.389. The van der Waals surface area contributed by atoms with E-state index in [1.54, 1.807) is 25.3 Å². The normalized spacial score (nSPS) is 14.2. The smallest absolute Gasteiger partial charge is 0.253 e. The minimum atomic E-state index is 0.00506. The lowest BCUT2D eigenvalue weighted by atomic mass is 10.1. The second kappa shape index (κ2) is 7.94. The predicted octanol–water partition coefficient (Wildman–Crippen LogP) is 1.63. The topological polar surface area (TPSA) is 70.6 Å². The molecule has 1 aliphatic rings. The van der Waals surface area contributed by atoms with E-state index in [0.717, 1.165) is 43.5 Å². The summed E-state index contributed by atoms with van der Waals surface area (Å²) in [7, 11) is 3.50. The second-order valence-electron chi connectivity index (χ2n) is 6.11. The van der Waals surface area contributed by atoms with Crippen LogP contribution in [0.15, 0.2) is 36.7 Å². The van der Waals surface area contributed by atoms with Crippen LogP contribution in [0.1, 0.15) is 15.9 Å². The molecule has 1 fully saturated rings. The first-order chi connectivity index (χ1) is 12.1. The van der Waals surface area contributed by atoms with Crippen molar-refractivity contribution >= 4 is 17.5 Å². The quantitative estimate of drug-likeness (QED) is 0.891. The van der Waals surface area contributed by atoms with Crippen LogP contribution in [0.2, 0.25) is 0 Å². The Morgan fingerprint density at radius 2 is 1.92 bits per heavy atom. The van der Waals surface area contributed by atoms with Crippen molar-refractivity contribution in [1.82, 2.24) is 14.9 Å². The van der Waals surface area contributed by atoms with E-state index >= 15 is 0 Å². The first-order valence-corrected chi connectivity index (χ1v) is 8.33. The maximum atomic E-state index is 11.9. The molecule has 0 saturated carbocycles. The summed E-state index contributed by atoms with van der Waals surface area (Å²) >= 11 is 0. The van der Waals surface area contributed by atoms with Gasteiger partial charge in [0.25, 0.3) is 5.91 Å². The second-order valence-corrected chi connectivity index (χ2v) is 6.11. The van der Waals surface area contributed by atoms with Gasteiger partial charge < -0.3 is 19.9 Å². The molecule has 7 heteroatoms. The number of ether oxygens (including phenoxy) is 1. The zero-order valence-corrected chi connectivity index (χ0v) is 14.6. The SMILES string of the molecule is CN(C)C(=O)c1ccc(CNc2cc(N3CCOCC3)ncn2)cc1. The molecule has 0 unspecified atom stereocenters. The van der Waals surface area contributed by atoms with Crippen LogP contribution >= 0.6 is 0 Å². The maximum absolute atomic E-state index is 11.9. The van der Waals surface area contributed by atoms with Crippen molar-refractivity contribution in [2.45, 2.75) is 6.54 Å². The van der Waals surface area contributed by atoms with E-state index in [1.807, 2.05) is 30.3 Å². The molecule has 1 amide bonds. The molecule has 2 aromatic rings. The fourth-order valence-corrected chi connectivity index (χ4v) is 2.63. The molecular formula is C18H23N5O2. The number of hydrogen-bond acceptors (Lipinski definition) is 6. The summed E-state index contributed by atoms with van der Waals surface area (Å²) in [5.41, 5.74) is 1.77. The summed E-state index contributed by atoms with van der Waals surface area (Å²) in [4.78, 5) is 24.3. The van der Waals surface area contributed by atoms with E-state index in [2.05, 4.69) is 20.2 Å². The van der Waals surface area contributed by atoms with Crippen LogP contribution in [0.4, 0.5) is 11.6 Å². The van der Waals surface area contributed by atoms with Crippen LogP contribution in [0.3, 0.4) is 0 Å². The minimum Gasteiger partial charge on any atom is -0.378 e. The monoisotopic (exact) mass is 341 g/mol. The molecule has 0 aliphatic carbocycles. The molecule has 1 aromatic carbocycles. The Morgan fingerprint density at radius 3 is 2.60 bits per heavy atom. The van der Waals surface area contributed by atoms with Crippen molar-refractivity contribution in [2.24, 2.45) is 0 Å². The summed E-state index contributed by atoms with van der Waals surface area (Å²) in [6.45, 7) is 3.78. The highest BCUT2D eigenvalue weighted by atomic mass is 16.5. The number of aromatic nitrogens is 2. The number of anilines is 2. The van der Waals surface area contributed by atoms with Crippen molar-refractivity contribution in [2.75, 3.05) is 50.6 Å². The zero-order chi connectivity index (χ0) is 17.6. The van der Waals surface area contributed by atoms with Gasteiger partial charge >= 0.3 is 0 Å². The summed E-state index contributed by atoms with van der Waals surface area (Å²) in [5, 5.41) is 3.31. The van der Waals surface area contributed by atoms with Gasteiger partial charge in [-0.1, -0.05) is 12.1 Å². The van der Waals surface area contributed by atoms with Gasteiger partial charge in [-0.3, -0.25) is 4.79 Å². The molecule has 1 aromatic heterocycles. The van der Waals surface area contributed by atoms with Crippen LogP contribution in [0.25, 0.3) is 0 Å². The van der Waals surface area contributed by atoms with E-state index < -0.39 is 0 Å². The van der Waals surface area contributed by atoms with Crippen molar-refractivity contribution in [3.63, 3.8) is 0 Å². The lowest BCUT2D eigenvalue weighted by Crippen LogP contribution is -2.36. The molecule has 0 atom stereocenters. The molecule has 0 spiro atoms. The van der Waals surface area contributed by atoms with Gasteiger partial charge in [-0.05, 0) is 17.7 Å². The molecular weight excluding hydrogens is 318 g/mol. The number of amides is 1. The van der Waals surface area contributed by atoms with Gasteiger partial charge in [0.1, 0.15) is 18.0 Å². The summed E-state index contributed by atoms with van der Waals surface area (Å²) in [6.07, 6.45) is 1.58. The van der Waals surface area contributed by atoms with Crippen molar-refractivity contribution < 1.29 is 9.53 Å². The summed E-state index contributed by atoms with van der Waals surface area (Å²) < 4.78 is 5.37. The molecule has 25 heavy (non-hydrogen) atoms. The van der Waals surface area contributed by atoms with E-state index in [0.29, 0.717) is 12.1 Å². The number of hydrogen-bond donors (Lipinski definition) is 1. The molecule has 0 radical (unpaired) electrons. The first kappa shape index (κ1) is 17.2. The fourth-order valence-electron chi connectivity index (χ4n) is 2.63. The molecule has 3 rings (SSSR count). The van der Waals surface area contributed by atoms with Gasteiger partial charge in [-0.15, -0.1) is 0 Å². The number of carbonyl (C=O) groups excluding carboxylic acids is 1. The van der Waals surface area contributed by atoms with E-state index in [-0.39, 0.29) is 5.91 Å². The number of morpholine rings is 1. The Bertz CT molecular complexity index is 712. The van der Waals surface area contributed by atoms with Crippen LogP contribution in [0, 0.1) is 0 Å². The molecule has 0 bridgehead atoms. The van der Waals surface area contributed by atoms with Gasteiger partial charge in [0, 0.05) is 45.4 Å². The standard InChI is InChI=1S/C18H23N5O2/c1-22(2)18(24)15-5-3-14(4-6-15)12-19-16-11-17(21-13-20-16)23-7-9-25-10-8-23/h3-6,11,13H,7-10,12H2,1-2H3,(H,19,20,21). The maximum Gasteiger partial charge on any atom is 0.253 e. The number of nitrogens with one attached hydrogen (secondary N) is 1. The third kappa shape index (κ3) is 4.45. The Morgan fingerprint density at radius 1 is 1.20 bits per heavy atom. The lowest BCUT2D eigenvalue weighted by Gasteiger charge is -2.27. The Labute approximate surface area is 147 Å². The molecule has 132 valence electrons. The van der Waals surface area contributed by atoms with E-state index in [9.17, 15) is 4.79 Å². The molecule has 1 saturated heterocycles. The van der Waals surface area contributed by atoms with Crippen LogP contribution < -0.4 is 10.2 Å². The van der Waals surface area contributed by atoms with Gasteiger partial charge in [-0.2, -0.15) is 0 Å². The molecule has 2 heterocycles. The van der Waals surface area contributed by atoms with Crippen molar-refractivity contribution in [3.05, 3.63) is 47.8 Å². The van der Waals surface area contributed by atoms with Gasteiger partial charge in [0.15, 0.2) is 0 Å². The van der Waals surface area contributed by atoms with Crippen molar-refractivity contribution in [3.8, 4) is 0 Å². The predicted molar refractivity (Wildman–Crippen MR) is 96.9 cm³/mol. The first-order valence-electron chi connectivity index (χ1n) is 8.33. The van der Waals surface area contributed by atoms with Crippen LogP contribution in [-0.4, -0.2) is 61.2 Å². The van der Waals surface area contributed by atoms with Crippen molar-refractivity contribution in [1.29, 1.82) is 0 Å².